The van der Waals surface area contributed by atoms with Crippen LogP contribution in [0, 0.1) is 0 Å². The van der Waals surface area contributed by atoms with Crippen LogP contribution >= 0.6 is 0 Å². The molecule has 1 aliphatic rings. The molecule has 1 rings (SSSR count). The van der Waals surface area contributed by atoms with E-state index >= 15 is 0 Å². The highest BCUT2D eigenvalue weighted by atomic mass is 16.5. The van der Waals surface area contributed by atoms with Crippen LogP contribution in [0.3, 0.4) is 0 Å². The zero-order chi connectivity index (χ0) is 10.1. The van der Waals surface area contributed by atoms with E-state index in [1.807, 2.05) is 0 Å². The molecule has 0 spiro atoms. The Balaban J connectivity index is 1.95. The molecule has 1 saturated heterocycles. The molecule has 1 fully saturated rings. The number of unbranched alkanes of at least 4 members (excludes halogenated alkanes) is 3. The fourth-order valence-electron chi connectivity index (χ4n) is 1.64. The normalized spacial score (nSPS) is 19.2. The van der Waals surface area contributed by atoms with Gasteiger partial charge in [0.25, 0.3) is 0 Å². The van der Waals surface area contributed by atoms with Crippen molar-refractivity contribution >= 4 is 0 Å². The lowest BCUT2D eigenvalue weighted by Crippen LogP contribution is -2.36. The Morgan fingerprint density at radius 3 is 2.64 bits per heavy atom. The maximum absolute atomic E-state index is 5.29. The molecule has 0 bridgehead atoms. The molecule has 0 radical (unpaired) electrons. The Hall–Kier alpha value is -0.340. The summed E-state index contributed by atoms with van der Waals surface area (Å²) in [5, 5.41) is 0. The van der Waals surface area contributed by atoms with Gasteiger partial charge in [0.2, 0.25) is 0 Å². The van der Waals surface area contributed by atoms with E-state index in [2.05, 4.69) is 24.0 Å². The highest BCUT2D eigenvalue weighted by Gasteiger charge is 2.07. The van der Waals surface area contributed by atoms with Crippen LogP contribution in [0.2, 0.25) is 0 Å². The van der Waals surface area contributed by atoms with Gasteiger partial charge in [-0.05, 0) is 12.8 Å². The summed E-state index contributed by atoms with van der Waals surface area (Å²) in [6.45, 7) is 7.36. The predicted octanol–water partition coefficient (Wildman–Crippen LogP) is 2.46. The average molecular weight is 197 g/mol. The van der Waals surface area contributed by atoms with Gasteiger partial charge in [0.1, 0.15) is 0 Å². The summed E-state index contributed by atoms with van der Waals surface area (Å²) < 4.78 is 5.29. The summed E-state index contributed by atoms with van der Waals surface area (Å²) in [5.41, 5.74) is 0. The van der Waals surface area contributed by atoms with Crippen molar-refractivity contribution in [3.63, 3.8) is 0 Å². The molecule has 0 aromatic carbocycles. The molecule has 0 atom stereocenters. The van der Waals surface area contributed by atoms with E-state index in [1.54, 1.807) is 0 Å². The second-order valence-electron chi connectivity index (χ2n) is 3.88. The average Bonchev–Trinajstić information content (AvgIpc) is 2.25. The zero-order valence-corrected chi connectivity index (χ0v) is 9.37. The lowest BCUT2D eigenvalue weighted by molar-refractivity contribution is 0.0434. The Bertz CT molecular complexity index is 150. The van der Waals surface area contributed by atoms with Gasteiger partial charge < -0.3 is 4.74 Å². The van der Waals surface area contributed by atoms with Gasteiger partial charge in [0.15, 0.2) is 0 Å². The van der Waals surface area contributed by atoms with E-state index < -0.39 is 0 Å². The minimum Gasteiger partial charge on any atom is -0.379 e. The first kappa shape index (κ1) is 11.7. The van der Waals surface area contributed by atoms with Crippen molar-refractivity contribution in [2.24, 2.45) is 0 Å². The summed E-state index contributed by atoms with van der Waals surface area (Å²) in [6, 6.07) is 0. The van der Waals surface area contributed by atoms with Crippen molar-refractivity contribution in [3.05, 3.63) is 12.2 Å². The Labute approximate surface area is 87.9 Å². The number of ether oxygens (including phenoxy) is 1. The quantitative estimate of drug-likeness (QED) is 0.479. The number of hydrogen-bond acceptors (Lipinski definition) is 2. The van der Waals surface area contributed by atoms with E-state index in [1.165, 1.54) is 25.7 Å². The smallest absolute Gasteiger partial charge is 0.0594 e. The maximum Gasteiger partial charge on any atom is 0.0594 e. The van der Waals surface area contributed by atoms with Gasteiger partial charge in [0.05, 0.1) is 13.2 Å². The van der Waals surface area contributed by atoms with Crippen LogP contribution < -0.4 is 0 Å². The van der Waals surface area contributed by atoms with Gasteiger partial charge in [-0.3, -0.25) is 4.90 Å². The molecule has 2 nitrogen and oxygen atoms in total. The monoisotopic (exact) mass is 197 g/mol. The number of hydrogen-bond donors (Lipinski definition) is 0. The van der Waals surface area contributed by atoms with Gasteiger partial charge in [-0.25, -0.2) is 0 Å². The second-order valence-corrected chi connectivity index (χ2v) is 3.88. The summed E-state index contributed by atoms with van der Waals surface area (Å²) >= 11 is 0. The lowest BCUT2D eigenvalue weighted by atomic mass is 10.2. The van der Waals surface area contributed by atoms with Gasteiger partial charge in [0, 0.05) is 19.6 Å². The van der Waals surface area contributed by atoms with Crippen molar-refractivity contribution in [1.82, 2.24) is 4.90 Å². The Morgan fingerprint density at radius 1 is 1.14 bits per heavy atom. The second kappa shape index (κ2) is 8.01. The van der Waals surface area contributed by atoms with E-state index in [9.17, 15) is 0 Å². The molecule has 0 amide bonds. The molecule has 1 heterocycles. The van der Waals surface area contributed by atoms with E-state index in [0.29, 0.717) is 0 Å². The van der Waals surface area contributed by atoms with Crippen LogP contribution in [0.1, 0.15) is 32.6 Å². The molecule has 0 aromatic heterocycles. The molecule has 0 aromatic rings. The Kier molecular flexibility index (Phi) is 6.71. The fourth-order valence-corrected chi connectivity index (χ4v) is 1.64. The number of rotatable bonds is 6. The van der Waals surface area contributed by atoms with Gasteiger partial charge in [-0.15, -0.1) is 0 Å². The molecule has 1 aliphatic heterocycles. The molecular weight excluding hydrogens is 174 g/mol. The SMILES string of the molecule is CCCCC/C=C/CN1CCOCC1. The van der Waals surface area contributed by atoms with Crippen LogP contribution in [-0.4, -0.2) is 37.7 Å². The highest BCUT2D eigenvalue weighted by molar-refractivity contribution is 4.85. The number of nitrogens with zero attached hydrogens (tertiary/aromatic N) is 1. The fraction of sp³-hybridized carbons (Fsp3) is 0.833. The van der Waals surface area contributed by atoms with Crippen LogP contribution in [-0.2, 0) is 4.74 Å². The predicted molar refractivity (Wildman–Crippen MR) is 60.5 cm³/mol. The third-order valence-corrected chi connectivity index (χ3v) is 2.61. The molecule has 0 saturated carbocycles. The maximum atomic E-state index is 5.29. The third-order valence-electron chi connectivity index (χ3n) is 2.61. The molecule has 82 valence electrons. The standard InChI is InChI=1S/C12H23NO/c1-2-3-4-5-6-7-8-13-9-11-14-12-10-13/h6-7H,2-5,8-12H2,1H3/b7-6+. The van der Waals surface area contributed by atoms with E-state index in [-0.39, 0.29) is 0 Å². The first-order chi connectivity index (χ1) is 6.93. The molecular formula is C12H23NO. The lowest BCUT2D eigenvalue weighted by Gasteiger charge is -2.25. The van der Waals surface area contributed by atoms with Crippen molar-refractivity contribution in [3.8, 4) is 0 Å². The van der Waals surface area contributed by atoms with Gasteiger partial charge in [-0.1, -0.05) is 31.9 Å². The van der Waals surface area contributed by atoms with Crippen molar-refractivity contribution in [2.75, 3.05) is 32.8 Å². The third kappa shape index (κ3) is 5.40. The van der Waals surface area contributed by atoms with Crippen LogP contribution in [0.15, 0.2) is 12.2 Å². The minimum atomic E-state index is 0.906. The molecule has 0 N–H and O–H groups in total. The largest absolute Gasteiger partial charge is 0.379 e. The number of allylic oxidation sites excluding steroid dienone is 1. The van der Waals surface area contributed by atoms with Crippen LogP contribution in [0.5, 0.6) is 0 Å². The summed E-state index contributed by atoms with van der Waals surface area (Å²) in [7, 11) is 0. The zero-order valence-electron chi connectivity index (χ0n) is 9.37. The van der Waals surface area contributed by atoms with Crippen molar-refractivity contribution in [1.29, 1.82) is 0 Å². The van der Waals surface area contributed by atoms with Gasteiger partial charge >= 0.3 is 0 Å². The summed E-state index contributed by atoms with van der Waals surface area (Å²) in [5.74, 6) is 0. The van der Waals surface area contributed by atoms with Gasteiger partial charge in [-0.2, -0.15) is 0 Å². The molecule has 14 heavy (non-hydrogen) atoms. The van der Waals surface area contributed by atoms with Crippen molar-refractivity contribution in [2.45, 2.75) is 32.6 Å². The van der Waals surface area contributed by atoms with Crippen LogP contribution in [0.4, 0.5) is 0 Å². The Morgan fingerprint density at radius 2 is 1.93 bits per heavy atom. The van der Waals surface area contributed by atoms with E-state index in [0.717, 1.165) is 32.8 Å². The van der Waals surface area contributed by atoms with Crippen LogP contribution in [0.25, 0.3) is 0 Å². The first-order valence-corrected chi connectivity index (χ1v) is 5.88. The summed E-state index contributed by atoms with van der Waals surface area (Å²) in [6.07, 6.45) is 9.90. The first-order valence-electron chi connectivity index (χ1n) is 5.88. The minimum absolute atomic E-state index is 0.906. The highest BCUT2D eigenvalue weighted by Crippen LogP contribution is 2.01. The summed E-state index contributed by atoms with van der Waals surface area (Å²) in [4.78, 5) is 2.44. The molecule has 0 unspecified atom stereocenters. The number of morpholine rings is 1. The van der Waals surface area contributed by atoms with Crippen molar-refractivity contribution < 1.29 is 4.74 Å². The molecule has 2 heteroatoms. The van der Waals surface area contributed by atoms with E-state index in [4.69, 9.17) is 4.74 Å². The molecule has 0 aliphatic carbocycles. The topological polar surface area (TPSA) is 12.5 Å².